The van der Waals surface area contributed by atoms with Gasteiger partial charge < -0.3 is 9.64 Å². The van der Waals surface area contributed by atoms with E-state index in [-0.39, 0.29) is 23.9 Å². The normalized spacial score (nSPS) is 20.9. The fourth-order valence-electron chi connectivity index (χ4n) is 3.58. The van der Waals surface area contributed by atoms with Gasteiger partial charge in [-0.15, -0.1) is 0 Å². The summed E-state index contributed by atoms with van der Waals surface area (Å²) in [5, 5.41) is 4.13. The molecule has 0 N–H and O–H groups in total. The van der Waals surface area contributed by atoms with Crippen molar-refractivity contribution in [1.29, 1.82) is 0 Å². The van der Waals surface area contributed by atoms with Crippen LogP contribution < -0.4 is 0 Å². The molecule has 2 unspecified atom stereocenters. The van der Waals surface area contributed by atoms with Gasteiger partial charge in [-0.3, -0.25) is 9.69 Å². The number of amides is 1. The summed E-state index contributed by atoms with van der Waals surface area (Å²) in [6.07, 6.45) is 1.04. The highest BCUT2D eigenvalue weighted by Crippen LogP contribution is 2.40. The fourth-order valence-corrected chi connectivity index (χ4v) is 4.81. The average Bonchev–Trinajstić information content (AvgIpc) is 3.28. The predicted octanol–water partition coefficient (Wildman–Crippen LogP) is 2.05. The first kappa shape index (κ1) is 18.9. The van der Waals surface area contributed by atoms with Gasteiger partial charge in [-0.05, 0) is 24.6 Å². The van der Waals surface area contributed by atoms with Crippen LogP contribution in [0.3, 0.4) is 0 Å². The zero-order valence-electron chi connectivity index (χ0n) is 15.3. The van der Waals surface area contributed by atoms with Gasteiger partial charge in [0.15, 0.2) is 5.16 Å². The molecule has 0 saturated carbocycles. The number of benzene rings is 1. The van der Waals surface area contributed by atoms with E-state index in [1.54, 1.807) is 24.0 Å². The molecule has 2 atom stereocenters. The number of thioether (sulfide) groups is 1. The molecule has 1 aromatic carbocycles. The standard InChI is InChI=1S/C18H20FN5O3S/c1-2-27-18(26)23-9-7-22(8-10-23)14(12-3-5-13(19)6-4-12)15-16(25)24-17(28-15)20-11-21-24/h3-6,11,14-15H,2,7-10H2,1H3. The molecule has 148 valence electrons. The van der Waals surface area contributed by atoms with Crippen LogP contribution in [0.4, 0.5) is 9.18 Å². The Balaban J connectivity index is 1.57. The maximum absolute atomic E-state index is 13.5. The maximum atomic E-state index is 13.5. The lowest BCUT2D eigenvalue weighted by Crippen LogP contribution is -2.52. The monoisotopic (exact) mass is 405 g/mol. The Hall–Kier alpha value is -2.46. The molecule has 1 fully saturated rings. The minimum Gasteiger partial charge on any atom is -0.450 e. The van der Waals surface area contributed by atoms with Gasteiger partial charge in [0.25, 0.3) is 5.91 Å². The summed E-state index contributed by atoms with van der Waals surface area (Å²) >= 11 is 1.37. The summed E-state index contributed by atoms with van der Waals surface area (Å²) in [5.41, 5.74) is 0.850. The molecule has 0 bridgehead atoms. The molecular formula is C18H20FN5O3S. The van der Waals surface area contributed by atoms with E-state index >= 15 is 0 Å². The zero-order valence-corrected chi connectivity index (χ0v) is 16.1. The smallest absolute Gasteiger partial charge is 0.409 e. The van der Waals surface area contributed by atoms with Gasteiger partial charge in [-0.1, -0.05) is 23.9 Å². The summed E-state index contributed by atoms with van der Waals surface area (Å²) in [7, 11) is 0. The Labute approximate surface area is 165 Å². The minimum atomic E-state index is -0.434. The Bertz CT molecular complexity index is 866. The highest BCUT2D eigenvalue weighted by Gasteiger charge is 2.43. The molecule has 28 heavy (non-hydrogen) atoms. The Morgan fingerprint density at radius 1 is 1.29 bits per heavy atom. The van der Waals surface area contributed by atoms with Crippen LogP contribution >= 0.6 is 11.8 Å². The largest absolute Gasteiger partial charge is 0.450 e. The van der Waals surface area contributed by atoms with Crippen LogP contribution in [0, 0.1) is 5.82 Å². The maximum Gasteiger partial charge on any atom is 0.409 e. The molecule has 1 amide bonds. The SMILES string of the molecule is CCOC(=O)N1CCN(C(c2ccc(F)cc2)C2Sc3ncnn3C2=O)CC1. The van der Waals surface area contributed by atoms with Crippen molar-refractivity contribution in [2.24, 2.45) is 0 Å². The van der Waals surface area contributed by atoms with Gasteiger partial charge in [0.1, 0.15) is 17.4 Å². The van der Waals surface area contributed by atoms with E-state index in [4.69, 9.17) is 4.74 Å². The molecule has 3 heterocycles. The second-order valence-corrected chi connectivity index (χ2v) is 7.66. The Morgan fingerprint density at radius 2 is 2.00 bits per heavy atom. The van der Waals surface area contributed by atoms with Crippen LogP contribution in [0.15, 0.2) is 35.7 Å². The second-order valence-electron chi connectivity index (χ2n) is 6.55. The first-order chi connectivity index (χ1) is 13.6. The van der Waals surface area contributed by atoms with Gasteiger partial charge in [0.05, 0.1) is 12.6 Å². The second kappa shape index (κ2) is 7.88. The van der Waals surface area contributed by atoms with Crippen LogP contribution in [-0.2, 0) is 4.74 Å². The van der Waals surface area contributed by atoms with E-state index in [1.165, 1.54) is 34.9 Å². The van der Waals surface area contributed by atoms with Gasteiger partial charge in [0.2, 0.25) is 0 Å². The number of fused-ring (bicyclic) bond motifs is 1. The lowest BCUT2D eigenvalue weighted by atomic mass is 10.00. The van der Waals surface area contributed by atoms with Gasteiger partial charge >= 0.3 is 6.09 Å². The highest BCUT2D eigenvalue weighted by atomic mass is 32.2. The van der Waals surface area contributed by atoms with Crippen molar-refractivity contribution >= 4 is 23.8 Å². The number of aromatic nitrogens is 3. The van der Waals surface area contributed by atoms with Gasteiger partial charge in [0, 0.05) is 26.2 Å². The number of hydrogen-bond donors (Lipinski definition) is 0. The van der Waals surface area contributed by atoms with E-state index in [2.05, 4.69) is 15.0 Å². The van der Waals surface area contributed by atoms with Crippen LogP contribution in [-0.4, -0.2) is 74.6 Å². The topological polar surface area (TPSA) is 80.6 Å². The molecule has 8 nitrogen and oxygen atoms in total. The lowest BCUT2D eigenvalue weighted by molar-refractivity contribution is 0.0600. The third-order valence-corrected chi connectivity index (χ3v) is 6.14. The van der Waals surface area contributed by atoms with Crippen LogP contribution in [0.2, 0.25) is 0 Å². The molecule has 1 saturated heterocycles. The van der Waals surface area contributed by atoms with E-state index in [9.17, 15) is 14.0 Å². The third-order valence-electron chi connectivity index (χ3n) is 4.93. The van der Waals surface area contributed by atoms with Crippen molar-refractivity contribution in [2.75, 3.05) is 32.8 Å². The van der Waals surface area contributed by atoms with Gasteiger partial charge in [-0.2, -0.15) is 9.78 Å². The summed E-state index contributed by atoms with van der Waals surface area (Å²) in [5.74, 6) is -0.464. The van der Waals surface area contributed by atoms with E-state index in [0.717, 1.165) is 5.56 Å². The van der Waals surface area contributed by atoms with Gasteiger partial charge in [-0.25, -0.2) is 14.2 Å². The van der Waals surface area contributed by atoms with Crippen LogP contribution in [0.1, 0.15) is 23.3 Å². The number of ether oxygens (including phenoxy) is 1. The van der Waals surface area contributed by atoms with Crippen molar-refractivity contribution in [3.63, 3.8) is 0 Å². The predicted molar refractivity (Wildman–Crippen MR) is 99.6 cm³/mol. The van der Waals surface area contributed by atoms with Crippen molar-refractivity contribution in [2.45, 2.75) is 23.4 Å². The van der Waals surface area contributed by atoms with Crippen molar-refractivity contribution < 1.29 is 18.7 Å². The van der Waals surface area contributed by atoms with E-state index in [1.807, 2.05) is 0 Å². The molecule has 2 aliphatic heterocycles. The number of hydrogen-bond acceptors (Lipinski definition) is 7. The molecular weight excluding hydrogens is 385 g/mol. The average molecular weight is 405 g/mol. The quantitative estimate of drug-likeness (QED) is 0.770. The van der Waals surface area contributed by atoms with Crippen molar-refractivity contribution in [1.82, 2.24) is 24.6 Å². The molecule has 0 aliphatic carbocycles. The molecule has 10 heteroatoms. The fraction of sp³-hybridized carbons (Fsp3) is 0.444. The van der Waals surface area contributed by atoms with Crippen LogP contribution in [0.25, 0.3) is 0 Å². The number of nitrogens with zero attached hydrogens (tertiary/aromatic N) is 5. The van der Waals surface area contributed by atoms with Crippen molar-refractivity contribution in [3.05, 3.63) is 42.0 Å². The summed E-state index contributed by atoms with van der Waals surface area (Å²) in [6.45, 7) is 4.29. The minimum absolute atomic E-state index is 0.139. The van der Waals surface area contributed by atoms with E-state index < -0.39 is 5.25 Å². The summed E-state index contributed by atoms with van der Waals surface area (Å²) < 4.78 is 19.8. The number of halogens is 1. The summed E-state index contributed by atoms with van der Waals surface area (Å²) in [4.78, 5) is 32.8. The Morgan fingerprint density at radius 3 is 2.64 bits per heavy atom. The molecule has 1 aromatic heterocycles. The lowest BCUT2D eigenvalue weighted by Gasteiger charge is -2.40. The highest BCUT2D eigenvalue weighted by molar-refractivity contribution is 8.00. The first-order valence-corrected chi connectivity index (χ1v) is 9.98. The molecule has 0 radical (unpaired) electrons. The number of piperazine rings is 1. The Kier molecular flexibility index (Phi) is 5.31. The molecule has 2 aromatic rings. The number of rotatable bonds is 4. The first-order valence-electron chi connectivity index (χ1n) is 9.10. The zero-order chi connectivity index (χ0) is 19.7. The summed E-state index contributed by atoms with van der Waals surface area (Å²) in [6, 6.07) is 5.95. The van der Waals surface area contributed by atoms with Crippen LogP contribution in [0.5, 0.6) is 0 Å². The number of carbonyl (C=O) groups excluding carboxylic acids is 2. The molecule has 0 spiro atoms. The van der Waals surface area contributed by atoms with Crippen molar-refractivity contribution in [3.8, 4) is 0 Å². The van der Waals surface area contributed by atoms with E-state index in [0.29, 0.717) is 37.9 Å². The number of carbonyl (C=O) groups is 2. The molecule has 2 aliphatic rings. The molecule has 4 rings (SSSR count). The third kappa shape index (κ3) is 3.49.